The minimum absolute atomic E-state index is 0.0631. The predicted octanol–water partition coefficient (Wildman–Crippen LogP) is 6.90. The van der Waals surface area contributed by atoms with Gasteiger partial charge in [0.1, 0.15) is 16.6 Å². The van der Waals surface area contributed by atoms with Crippen LogP contribution in [0.3, 0.4) is 0 Å². The Labute approximate surface area is 164 Å². The molecule has 3 aromatic carbocycles. The van der Waals surface area contributed by atoms with Gasteiger partial charge in [0, 0.05) is 0 Å². The van der Waals surface area contributed by atoms with E-state index in [1.165, 1.54) is 35.6 Å². The van der Waals surface area contributed by atoms with Gasteiger partial charge in [-0.15, -0.1) is 0 Å². The average molecular weight is 382 g/mol. The van der Waals surface area contributed by atoms with Crippen LogP contribution in [0.1, 0.15) is 25.0 Å². The summed E-state index contributed by atoms with van der Waals surface area (Å²) in [7, 11) is 1.65. The molecular formula is C23H25OS2+. The molecule has 0 bridgehead atoms. The summed E-state index contributed by atoms with van der Waals surface area (Å²) in [6, 6.07) is 22.2. The number of aryl methyl sites for hydroxylation is 2. The van der Waals surface area contributed by atoms with Crippen molar-refractivity contribution >= 4 is 22.7 Å². The first kappa shape index (κ1) is 18.9. The third-order valence-corrected chi connectivity index (χ3v) is 7.86. The Morgan fingerprint density at radius 2 is 1.38 bits per heavy atom. The van der Waals surface area contributed by atoms with Crippen LogP contribution in [0.2, 0.25) is 0 Å². The summed E-state index contributed by atoms with van der Waals surface area (Å²) >= 11 is 1.89. The highest BCUT2D eigenvalue weighted by molar-refractivity contribution is 8.04. The van der Waals surface area contributed by atoms with Gasteiger partial charge in [-0.3, -0.25) is 0 Å². The molecule has 26 heavy (non-hydrogen) atoms. The molecule has 1 atom stereocenters. The van der Waals surface area contributed by atoms with E-state index in [-0.39, 0.29) is 10.9 Å². The monoisotopic (exact) mass is 381 g/mol. The van der Waals surface area contributed by atoms with Gasteiger partial charge in [0.2, 0.25) is 0 Å². The second-order valence-corrected chi connectivity index (χ2v) is 9.03. The minimum Gasteiger partial charge on any atom is -0.497 e. The Morgan fingerprint density at radius 3 is 2.08 bits per heavy atom. The fourth-order valence-electron chi connectivity index (χ4n) is 2.93. The van der Waals surface area contributed by atoms with Crippen molar-refractivity contribution in [2.75, 3.05) is 7.11 Å². The fourth-order valence-corrected chi connectivity index (χ4v) is 6.81. The maximum atomic E-state index is 5.33. The van der Waals surface area contributed by atoms with E-state index in [1.54, 1.807) is 7.11 Å². The number of hydrogen-bond donors (Lipinski definition) is 0. The highest BCUT2D eigenvalue weighted by Crippen LogP contribution is 2.48. The molecule has 3 heteroatoms. The molecule has 0 fully saturated rings. The van der Waals surface area contributed by atoms with E-state index in [4.69, 9.17) is 4.74 Å². The van der Waals surface area contributed by atoms with Gasteiger partial charge in [0.05, 0.1) is 16.9 Å². The number of hydrogen-bond acceptors (Lipinski definition) is 2. The number of benzene rings is 3. The number of ether oxygens (including phenoxy) is 1. The Kier molecular flexibility index (Phi) is 6.00. The van der Waals surface area contributed by atoms with E-state index >= 15 is 0 Å². The van der Waals surface area contributed by atoms with E-state index in [1.807, 2.05) is 25.6 Å². The van der Waals surface area contributed by atoms with Gasteiger partial charge in [-0.2, -0.15) is 0 Å². The Morgan fingerprint density at radius 1 is 0.731 bits per heavy atom. The highest BCUT2D eigenvalue weighted by atomic mass is 32.2. The van der Waals surface area contributed by atoms with Crippen molar-refractivity contribution in [3.63, 3.8) is 0 Å². The topological polar surface area (TPSA) is 9.23 Å². The molecule has 3 aromatic rings. The van der Waals surface area contributed by atoms with Crippen molar-refractivity contribution in [3.8, 4) is 5.75 Å². The first-order chi connectivity index (χ1) is 12.7. The van der Waals surface area contributed by atoms with Crippen LogP contribution < -0.4 is 4.74 Å². The van der Waals surface area contributed by atoms with Crippen LogP contribution in [-0.4, -0.2) is 7.11 Å². The van der Waals surface area contributed by atoms with Crippen LogP contribution in [0.25, 0.3) is 0 Å². The third-order valence-electron chi connectivity index (χ3n) is 4.15. The lowest BCUT2D eigenvalue weighted by atomic mass is 10.2. The molecule has 134 valence electrons. The molecule has 1 heterocycles. The Hall–Kier alpha value is -1.84. The second kappa shape index (κ2) is 8.24. The molecule has 0 spiro atoms. The second-order valence-electron chi connectivity index (χ2n) is 5.98. The average Bonchev–Trinajstić information content (AvgIpc) is 2.68. The van der Waals surface area contributed by atoms with E-state index in [0.717, 1.165) is 5.75 Å². The van der Waals surface area contributed by atoms with Crippen LogP contribution in [0, 0.1) is 13.8 Å². The van der Waals surface area contributed by atoms with Crippen molar-refractivity contribution in [2.24, 2.45) is 0 Å². The van der Waals surface area contributed by atoms with Crippen molar-refractivity contribution in [1.82, 2.24) is 0 Å². The summed E-state index contributed by atoms with van der Waals surface area (Å²) in [6.45, 7) is 8.34. The van der Waals surface area contributed by atoms with Crippen molar-refractivity contribution in [3.05, 3.63) is 71.8 Å². The molecule has 1 aliphatic rings. The van der Waals surface area contributed by atoms with E-state index < -0.39 is 0 Å². The van der Waals surface area contributed by atoms with Crippen molar-refractivity contribution < 1.29 is 4.74 Å². The van der Waals surface area contributed by atoms with Gasteiger partial charge in [-0.1, -0.05) is 37.7 Å². The third kappa shape index (κ3) is 3.65. The fraction of sp³-hybridized carbons (Fsp3) is 0.217. The molecule has 0 N–H and O–H groups in total. The molecule has 1 aliphatic heterocycles. The van der Waals surface area contributed by atoms with E-state index in [0.29, 0.717) is 0 Å². The summed E-state index contributed by atoms with van der Waals surface area (Å²) in [5.41, 5.74) is 2.63. The first-order valence-corrected chi connectivity index (χ1v) is 11.0. The normalized spacial score (nSPS) is 14.6. The zero-order valence-corrected chi connectivity index (χ0v) is 17.6. The van der Waals surface area contributed by atoms with Crippen molar-refractivity contribution in [2.45, 2.75) is 52.2 Å². The van der Waals surface area contributed by atoms with Crippen LogP contribution in [0.15, 0.2) is 85.1 Å². The van der Waals surface area contributed by atoms with E-state index in [2.05, 4.69) is 74.5 Å². The maximum absolute atomic E-state index is 5.33. The number of rotatable bonds is 2. The van der Waals surface area contributed by atoms with Crippen LogP contribution in [-0.2, 0) is 10.9 Å². The van der Waals surface area contributed by atoms with Gasteiger partial charge in [-0.05, 0) is 73.5 Å². The van der Waals surface area contributed by atoms with Crippen molar-refractivity contribution in [1.29, 1.82) is 0 Å². The molecule has 1 nitrogen and oxygen atoms in total. The van der Waals surface area contributed by atoms with Gasteiger partial charge in [0.25, 0.3) is 0 Å². The molecule has 0 aliphatic carbocycles. The lowest BCUT2D eigenvalue weighted by Crippen LogP contribution is -2.11. The number of methoxy groups -OCH3 is 1. The zero-order valence-electron chi connectivity index (χ0n) is 16.0. The molecule has 0 aromatic heterocycles. The molecule has 0 saturated carbocycles. The van der Waals surface area contributed by atoms with Crippen LogP contribution in [0.4, 0.5) is 0 Å². The van der Waals surface area contributed by atoms with Gasteiger partial charge < -0.3 is 4.74 Å². The standard InChI is InChI=1S/C21H19OS2.C2H6/c1-14-5-11-20-19(12-14)23-18-10-4-15(2)13-21(18)24(20)17-8-6-16(22-3)7-9-17;1-2/h4-13H,1-3H3;1-2H3/q+1;. The molecule has 1 unspecified atom stereocenters. The van der Waals surface area contributed by atoms with Gasteiger partial charge in [0.15, 0.2) is 14.7 Å². The molecule has 4 rings (SSSR count). The lowest BCUT2D eigenvalue weighted by molar-refractivity contribution is 0.414. The predicted molar refractivity (Wildman–Crippen MR) is 113 cm³/mol. The molecule has 0 saturated heterocycles. The van der Waals surface area contributed by atoms with Crippen LogP contribution >= 0.6 is 11.8 Å². The largest absolute Gasteiger partial charge is 0.497 e. The smallest absolute Gasteiger partial charge is 0.180 e. The van der Waals surface area contributed by atoms with E-state index in [9.17, 15) is 0 Å². The molecule has 0 radical (unpaired) electrons. The Bertz CT molecular complexity index is 901. The summed E-state index contributed by atoms with van der Waals surface area (Å²) < 4.78 is 5.33. The van der Waals surface area contributed by atoms with Gasteiger partial charge in [-0.25, -0.2) is 0 Å². The number of fused-ring (bicyclic) bond motifs is 2. The summed E-state index contributed by atoms with van der Waals surface area (Å²) in [4.78, 5) is 6.95. The first-order valence-electron chi connectivity index (χ1n) is 8.93. The summed E-state index contributed by atoms with van der Waals surface area (Å²) in [6.07, 6.45) is 0. The summed E-state index contributed by atoms with van der Waals surface area (Å²) in [5.74, 6) is 0.905. The molecule has 0 amide bonds. The highest BCUT2D eigenvalue weighted by Gasteiger charge is 2.38. The maximum Gasteiger partial charge on any atom is 0.180 e. The zero-order chi connectivity index (χ0) is 18.7. The van der Waals surface area contributed by atoms with Gasteiger partial charge >= 0.3 is 0 Å². The quantitative estimate of drug-likeness (QED) is 0.349. The van der Waals surface area contributed by atoms with Crippen LogP contribution in [0.5, 0.6) is 5.75 Å². The lowest BCUT2D eigenvalue weighted by Gasteiger charge is -2.20. The minimum atomic E-state index is -0.0631. The Balaban J connectivity index is 0.000000948. The SMILES string of the molecule is CC.COc1ccc([S+]2c3ccc(C)cc3Sc3ccc(C)cc32)cc1. The summed E-state index contributed by atoms with van der Waals surface area (Å²) in [5, 5.41) is 0. The molecular weight excluding hydrogens is 356 g/mol.